The van der Waals surface area contributed by atoms with Crippen LogP contribution in [-0.2, 0) is 11.2 Å². The van der Waals surface area contributed by atoms with Crippen molar-refractivity contribution in [2.45, 2.75) is 13.3 Å². The quantitative estimate of drug-likeness (QED) is 0.778. The predicted octanol–water partition coefficient (Wildman–Crippen LogP) is 4.08. The van der Waals surface area contributed by atoms with E-state index in [1.807, 2.05) is 49.4 Å². The molecule has 0 unspecified atom stereocenters. The first kappa shape index (κ1) is 13.8. The zero-order chi connectivity index (χ0) is 14.8. The van der Waals surface area contributed by atoms with Crippen LogP contribution < -0.4 is 5.32 Å². The second kappa shape index (κ2) is 5.69. The number of anilines is 1. The molecule has 4 nitrogen and oxygen atoms in total. The van der Waals surface area contributed by atoms with Crippen molar-refractivity contribution in [1.82, 2.24) is 5.16 Å². The minimum Gasteiger partial charge on any atom is -0.356 e. The number of fused-ring (bicyclic) bond motifs is 1. The van der Waals surface area contributed by atoms with Crippen LogP contribution in [0.3, 0.4) is 0 Å². The topological polar surface area (TPSA) is 55.1 Å². The Morgan fingerprint density at radius 2 is 2.10 bits per heavy atom. The normalized spacial score (nSPS) is 10.8. The molecule has 1 heterocycles. The van der Waals surface area contributed by atoms with Gasteiger partial charge in [-0.05, 0) is 52.7 Å². The number of hydrogen-bond acceptors (Lipinski definition) is 3. The Labute approximate surface area is 130 Å². The van der Waals surface area contributed by atoms with E-state index in [2.05, 4.69) is 26.4 Å². The first-order valence-electron chi connectivity index (χ1n) is 6.53. The van der Waals surface area contributed by atoms with Crippen LogP contribution in [-0.4, -0.2) is 11.1 Å². The number of hydrogen-bond donors (Lipinski definition) is 1. The lowest BCUT2D eigenvalue weighted by molar-refractivity contribution is -0.115. The zero-order valence-corrected chi connectivity index (χ0v) is 13.0. The summed E-state index contributed by atoms with van der Waals surface area (Å²) in [5.74, 6) is -0.126. The van der Waals surface area contributed by atoms with Crippen molar-refractivity contribution in [3.8, 4) is 0 Å². The molecule has 2 aromatic carbocycles. The third kappa shape index (κ3) is 2.97. The van der Waals surface area contributed by atoms with Crippen LogP contribution in [0.2, 0.25) is 0 Å². The molecule has 0 fully saturated rings. The fourth-order valence-corrected chi connectivity index (χ4v) is 2.73. The number of amides is 1. The lowest BCUT2D eigenvalue weighted by Crippen LogP contribution is -2.15. The summed E-state index contributed by atoms with van der Waals surface area (Å²) in [6, 6.07) is 13.3. The van der Waals surface area contributed by atoms with Crippen molar-refractivity contribution in [3.63, 3.8) is 0 Å². The van der Waals surface area contributed by atoms with Gasteiger partial charge in [0.25, 0.3) is 0 Å². The van der Waals surface area contributed by atoms with E-state index >= 15 is 0 Å². The largest absolute Gasteiger partial charge is 0.356 e. The number of rotatable bonds is 3. The summed E-state index contributed by atoms with van der Waals surface area (Å²) in [7, 11) is 0. The van der Waals surface area contributed by atoms with Crippen LogP contribution in [0, 0.1) is 6.92 Å². The van der Waals surface area contributed by atoms with Crippen LogP contribution in [0.15, 0.2) is 51.5 Å². The maximum absolute atomic E-state index is 12.1. The third-order valence-electron chi connectivity index (χ3n) is 3.18. The number of nitrogens with one attached hydrogen (secondary N) is 1. The number of carbonyl (C=O) groups excluding carboxylic acids is 1. The van der Waals surface area contributed by atoms with Crippen molar-refractivity contribution >= 4 is 38.5 Å². The van der Waals surface area contributed by atoms with Crippen LogP contribution in [0.5, 0.6) is 0 Å². The van der Waals surface area contributed by atoms with Crippen molar-refractivity contribution in [3.05, 3.63) is 58.2 Å². The van der Waals surface area contributed by atoms with Gasteiger partial charge in [0.1, 0.15) is 5.69 Å². The maximum atomic E-state index is 12.1. The van der Waals surface area contributed by atoms with Gasteiger partial charge in [-0.2, -0.15) is 0 Å². The van der Waals surface area contributed by atoms with E-state index in [0.717, 1.165) is 21.1 Å². The molecule has 21 heavy (non-hydrogen) atoms. The van der Waals surface area contributed by atoms with E-state index in [1.54, 1.807) is 0 Å². The summed E-state index contributed by atoms with van der Waals surface area (Å²) in [4.78, 5) is 12.1. The van der Waals surface area contributed by atoms with Crippen LogP contribution in [0.1, 0.15) is 11.3 Å². The molecular weight excluding hydrogens is 332 g/mol. The highest BCUT2D eigenvalue weighted by Gasteiger charge is 2.13. The molecule has 0 spiro atoms. The van der Waals surface area contributed by atoms with Crippen molar-refractivity contribution in [2.75, 3.05) is 5.32 Å². The van der Waals surface area contributed by atoms with E-state index in [1.165, 1.54) is 0 Å². The SMILES string of the molecule is Cc1ccc(NC(=O)Cc2noc3ccccc23)c(Br)c1. The van der Waals surface area contributed by atoms with Gasteiger partial charge in [0.15, 0.2) is 5.58 Å². The molecule has 0 saturated carbocycles. The molecule has 5 heteroatoms. The van der Waals surface area contributed by atoms with Gasteiger partial charge in [-0.25, -0.2) is 0 Å². The minimum absolute atomic E-state index is 0.126. The molecular formula is C16H13BrN2O2. The van der Waals surface area contributed by atoms with E-state index in [0.29, 0.717) is 11.3 Å². The van der Waals surface area contributed by atoms with Gasteiger partial charge < -0.3 is 9.84 Å². The average Bonchev–Trinajstić information content (AvgIpc) is 2.85. The van der Waals surface area contributed by atoms with E-state index in [9.17, 15) is 4.79 Å². The van der Waals surface area contributed by atoms with Gasteiger partial charge in [-0.3, -0.25) is 4.79 Å². The average molecular weight is 345 g/mol. The van der Waals surface area contributed by atoms with Gasteiger partial charge in [0.05, 0.1) is 12.1 Å². The number of carbonyl (C=O) groups is 1. The first-order valence-corrected chi connectivity index (χ1v) is 7.32. The van der Waals surface area contributed by atoms with Gasteiger partial charge in [0, 0.05) is 9.86 Å². The smallest absolute Gasteiger partial charge is 0.230 e. The second-order valence-electron chi connectivity index (χ2n) is 4.83. The molecule has 106 valence electrons. The number of halogens is 1. The van der Waals surface area contributed by atoms with Crippen LogP contribution in [0.4, 0.5) is 5.69 Å². The Bertz CT molecular complexity index is 811. The number of nitrogens with zero attached hydrogens (tertiary/aromatic N) is 1. The Morgan fingerprint density at radius 1 is 1.29 bits per heavy atom. The van der Waals surface area contributed by atoms with Crippen molar-refractivity contribution in [2.24, 2.45) is 0 Å². The summed E-state index contributed by atoms with van der Waals surface area (Å²) in [6.07, 6.45) is 0.178. The summed E-state index contributed by atoms with van der Waals surface area (Å²) >= 11 is 3.44. The van der Waals surface area contributed by atoms with Gasteiger partial charge in [-0.15, -0.1) is 0 Å². The van der Waals surface area contributed by atoms with E-state index in [-0.39, 0.29) is 12.3 Å². The first-order chi connectivity index (χ1) is 10.1. The Hall–Kier alpha value is -2.14. The van der Waals surface area contributed by atoms with Crippen molar-refractivity contribution in [1.29, 1.82) is 0 Å². The van der Waals surface area contributed by atoms with Gasteiger partial charge >= 0.3 is 0 Å². The highest BCUT2D eigenvalue weighted by atomic mass is 79.9. The Kier molecular flexibility index (Phi) is 3.75. The number of aromatic nitrogens is 1. The minimum atomic E-state index is -0.126. The lowest BCUT2D eigenvalue weighted by atomic mass is 10.1. The monoisotopic (exact) mass is 344 g/mol. The molecule has 1 amide bonds. The van der Waals surface area contributed by atoms with Crippen molar-refractivity contribution < 1.29 is 9.32 Å². The van der Waals surface area contributed by atoms with Gasteiger partial charge in [-0.1, -0.05) is 23.4 Å². The Morgan fingerprint density at radius 3 is 2.90 bits per heavy atom. The summed E-state index contributed by atoms with van der Waals surface area (Å²) in [5.41, 5.74) is 3.21. The molecule has 0 saturated heterocycles. The fraction of sp³-hybridized carbons (Fsp3) is 0.125. The number of para-hydroxylation sites is 1. The molecule has 0 aliphatic rings. The zero-order valence-electron chi connectivity index (χ0n) is 11.4. The highest BCUT2D eigenvalue weighted by molar-refractivity contribution is 9.10. The molecule has 0 atom stereocenters. The maximum Gasteiger partial charge on any atom is 0.230 e. The molecule has 3 aromatic rings. The summed E-state index contributed by atoms with van der Waals surface area (Å²) in [6.45, 7) is 2.00. The molecule has 0 aliphatic heterocycles. The molecule has 3 rings (SSSR count). The third-order valence-corrected chi connectivity index (χ3v) is 3.83. The molecule has 0 bridgehead atoms. The van der Waals surface area contributed by atoms with Gasteiger partial charge in [0.2, 0.25) is 5.91 Å². The standard InChI is InChI=1S/C16H13BrN2O2/c1-10-6-7-13(12(17)8-10)18-16(20)9-14-11-4-2-3-5-15(11)21-19-14/h2-8H,9H2,1H3,(H,18,20). The number of aryl methyl sites for hydroxylation is 1. The summed E-state index contributed by atoms with van der Waals surface area (Å²) in [5, 5.41) is 7.71. The Balaban J connectivity index is 1.77. The fourth-order valence-electron chi connectivity index (χ4n) is 2.13. The summed E-state index contributed by atoms with van der Waals surface area (Å²) < 4.78 is 6.06. The lowest BCUT2D eigenvalue weighted by Gasteiger charge is -2.07. The van der Waals surface area contributed by atoms with Crippen LogP contribution >= 0.6 is 15.9 Å². The van der Waals surface area contributed by atoms with Crippen LogP contribution in [0.25, 0.3) is 11.0 Å². The highest BCUT2D eigenvalue weighted by Crippen LogP contribution is 2.24. The number of benzene rings is 2. The molecule has 1 N–H and O–H groups in total. The second-order valence-corrected chi connectivity index (χ2v) is 5.69. The molecule has 1 aromatic heterocycles. The van der Waals surface area contributed by atoms with E-state index in [4.69, 9.17) is 4.52 Å². The molecule has 0 radical (unpaired) electrons. The molecule has 0 aliphatic carbocycles. The van der Waals surface area contributed by atoms with E-state index < -0.39 is 0 Å². The predicted molar refractivity (Wildman–Crippen MR) is 85.2 cm³/mol.